The van der Waals surface area contributed by atoms with Crippen LogP contribution in [-0.4, -0.2) is 41.3 Å². The molecule has 2 aromatic rings. The van der Waals surface area contributed by atoms with Crippen LogP contribution >= 0.6 is 0 Å². The molecule has 1 aliphatic heterocycles. The number of hydrogen-bond donors (Lipinski definition) is 2. The third-order valence-corrected chi connectivity index (χ3v) is 3.94. The fraction of sp³-hybridized carbons (Fsp3) is 0.500. The number of anilines is 2. The van der Waals surface area contributed by atoms with E-state index in [-0.39, 0.29) is 6.61 Å². The van der Waals surface area contributed by atoms with Crippen molar-refractivity contribution in [2.24, 2.45) is 5.92 Å². The molecule has 1 aromatic carbocycles. The van der Waals surface area contributed by atoms with Gasteiger partial charge in [-0.3, -0.25) is 0 Å². The average molecular weight is 286 g/mol. The maximum absolute atomic E-state index is 9.04. The fourth-order valence-electron chi connectivity index (χ4n) is 2.89. The van der Waals surface area contributed by atoms with Crippen molar-refractivity contribution < 1.29 is 5.11 Å². The summed E-state index contributed by atoms with van der Waals surface area (Å²) in [5.41, 5.74) is 0.946. The molecule has 0 radical (unpaired) electrons. The summed E-state index contributed by atoms with van der Waals surface area (Å²) < 4.78 is 0. The maximum atomic E-state index is 9.04. The van der Waals surface area contributed by atoms with Crippen LogP contribution in [0.5, 0.6) is 0 Å². The molecule has 1 fully saturated rings. The van der Waals surface area contributed by atoms with Gasteiger partial charge in [0.05, 0.1) is 12.1 Å². The Labute approximate surface area is 125 Å². The lowest BCUT2D eigenvalue weighted by Gasteiger charge is -2.31. The number of piperidine rings is 1. The molecule has 0 bridgehead atoms. The van der Waals surface area contributed by atoms with E-state index in [4.69, 9.17) is 10.1 Å². The molecule has 1 aliphatic rings. The van der Waals surface area contributed by atoms with Gasteiger partial charge in [0.15, 0.2) is 0 Å². The standard InChI is InChI=1S/C16H22N4O/c1-12-5-4-9-20(11-12)16-18-14-7-3-2-6-13(14)15(19-16)17-8-10-21/h2-3,6-7,12,21H,4-5,8-11H2,1H3,(H,17,18,19)/t12-/m0/s1. The SMILES string of the molecule is C[C@H]1CCCN(c2nc(NCCO)c3ccccc3n2)C1. The first-order chi connectivity index (χ1) is 10.3. The van der Waals surface area contributed by atoms with Crippen molar-refractivity contribution in [2.75, 3.05) is 36.5 Å². The molecule has 112 valence electrons. The molecule has 1 atom stereocenters. The number of aromatic nitrogens is 2. The van der Waals surface area contributed by atoms with Crippen LogP contribution in [0.25, 0.3) is 10.9 Å². The van der Waals surface area contributed by atoms with Crippen LogP contribution in [0, 0.1) is 5.92 Å². The van der Waals surface area contributed by atoms with E-state index >= 15 is 0 Å². The van der Waals surface area contributed by atoms with Crippen LogP contribution in [0.15, 0.2) is 24.3 Å². The molecule has 0 aliphatic carbocycles. The topological polar surface area (TPSA) is 61.3 Å². The van der Waals surface area contributed by atoms with Crippen LogP contribution in [0.2, 0.25) is 0 Å². The number of nitrogens with zero attached hydrogens (tertiary/aromatic N) is 3. The fourth-order valence-corrected chi connectivity index (χ4v) is 2.89. The second kappa shape index (κ2) is 6.26. The Bertz CT molecular complexity index is 616. The molecule has 0 spiro atoms. The van der Waals surface area contributed by atoms with Gasteiger partial charge in [-0.2, -0.15) is 4.98 Å². The van der Waals surface area contributed by atoms with E-state index in [0.717, 1.165) is 35.8 Å². The minimum absolute atomic E-state index is 0.0917. The molecule has 0 saturated carbocycles. The second-order valence-corrected chi connectivity index (χ2v) is 5.73. The van der Waals surface area contributed by atoms with Crippen LogP contribution in [0.1, 0.15) is 19.8 Å². The summed E-state index contributed by atoms with van der Waals surface area (Å²) in [5, 5.41) is 13.2. The molecular formula is C16H22N4O. The van der Waals surface area contributed by atoms with E-state index in [2.05, 4.69) is 22.1 Å². The maximum Gasteiger partial charge on any atom is 0.227 e. The Kier molecular flexibility index (Phi) is 4.20. The Balaban J connectivity index is 1.98. The van der Waals surface area contributed by atoms with E-state index in [0.29, 0.717) is 12.5 Å². The van der Waals surface area contributed by atoms with Crippen molar-refractivity contribution in [1.29, 1.82) is 0 Å². The lowest BCUT2D eigenvalue weighted by Crippen LogP contribution is -2.35. The highest BCUT2D eigenvalue weighted by molar-refractivity contribution is 5.90. The monoisotopic (exact) mass is 286 g/mol. The summed E-state index contributed by atoms with van der Waals surface area (Å²) >= 11 is 0. The van der Waals surface area contributed by atoms with Gasteiger partial charge in [0.25, 0.3) is 0 Å². The van der Waals surface area contributed by atoms with Crippen molar-refractivity contribution in [3.05, 3.63) is 24.3 Å². The van der Waals surface area contributed by atoms with Crippen LogP contribution in [0.4, 0.5) is 11.8 Å². The van der Waals surface area contributed by atoms with E-state index in [1.807, 2.05) is 24.3 Å². The third kappa shape index (κ3) is 3.08. The number of hydrogen-bond acceptors (Lipinski definition) is 5. The van der Waals surface area contributed by atoms with Crippen molar-refractivity contribution in [2.45, 2.75) is 19.8 Å². The highest BCUT2D eigenvalue weighted by Crippen LogP contribution is 2.26. The zero-order valence-corrected chi connectivity index (χ0v) is 12.4. The van der Waals surface area contributed by atoms with Gasteiger partial charge in [-0.25, -0.2) is 4.98 Å². The molecule has 5 heteroatoms. The molecule has 2 N–H and O–H groups in total. The number of benzene rings is 1. The van der Waals surface area contributed by atoms with Gasteiger partial charge in [0.1, 0.15) is 5.82 Å². The number of aliphatic hydroxyl groups excluding tert-OH is 1. The third-order valence-electron chi connectivity index (χ3n) is 3.94. The normalized spacial score (nSPS) is 19.0. The number of rotatable bonds is 4. The van der Waals surface area contributed by atoms with Crippen LogP contribution in [-0.2, 0) is 0 Å². The van der Waals surface area contributed by atoms with Gasteiger partial charge in [0.2, 0.25) is 5.95 Å². The number of fused-ring (bicyclic) bond motifs is 1. The van der Waals surface area contributed by atoms with E-state index < -0.39 is 0 Å². The first-order valence-electron chi connectivity index (χ1n) is 7.64. The highest BCUT2D eigenvalue weighted by Gasteiger charge is 2.20. The summed E-state index contributed by atoms with van der Waals surface area (Å²) in [6.07, 6.45) is 2.47. The largest absolute Gasteiger partial charge is 0.395 e. The van der Waals surface area contributed by atoms with Crippen molar-refractivity contribution >= 4 is 22.7 Å². The summed E-state index contributed by atoms with van der Waals surface area (Å²) in [7, 11) is 0. The van der Waals surface area contributed by atoms with Crippen LogP contribution in [0.3, 0.4) is 0 Å². The van der Waals surface area contributed by atoms with E-state index in [1.54, 1.807) is 0 Å². The van der Waals surface area contributed by atoms with Gasteiger partial charge in [-0.15, -0.1) is 0 Å². The zero-order valence-electron chi connectivity index (χ0n) is 12.4. The lowest BCUT2D eigenvalue weighted by molar-refractivity contribution is 0.311. The molecule has 5 nitrogen and oxygen atoms in total. The Morgan fingerprint density at radius 3 is 3.00 bits per heavy atom. The summed E-state index contributed by atoms with van der Waals surface area (Å²) in [6.45, 7) is 4.89. The van der Waals surface area contributed by atoms with Crippen molar-refractivity contribution in [1.82, 2.24) is 9.97 Å². The Hall–Kier alpha value is -1.88. The van der Waals surface area contributed by atoms with Crippen LogP contribution < -0.4 is 10.2 Å². The quantitative estimate of drug-likeness (QED) is 0.903. The molecule has 1 aromatic heterocycles. The average Bonchev–Trinajstić information content (AvgIpc) is 2.52. The molecule has 21 heavy (non-hydrogen) atoms. The Morgan fingerprint density at radius 1 is 1.33 bits per heavy atom. The highest BCUT2D eigenvalue weighted by atomic mass is 16.3. The minimum atomic E-state index is 0.0917. The van der Waals surface area contributed by atoms with Gasteiger partial charge in [-0.05, 0) is 30.9 Å². The van der Waals surface area contributed by atoms with Gasteiger partial charge in [0, 0.05) is 25.0 Å². The summed E-state index contributed by atoms with van der Waals surface area (Å²) in [5.74, 6) is 2.28. The predicted octanol–water partition coefficient (Wildman–Crippen LogP) is 2.27. The molecule has 0 unspecified atom stereocenters. The zero-order chi connectivity index (χ0) is 14.7. The van der Waals surface area contributed by atoms with Gasteiger partial charge < -0.3 is 15.3 Å². The molecule has 0 amide bonds. The lowest BCUT2D eigenvalue weighted by atomic mass is 10.0. The number of nitrogens with one attached hydrogen (secondary N) is 1. The van der Waals surface area contributed by atoms with Gasteiger partial charge >= 0.3 is 0 Å². The molecule has 2 heterocycles. The van der Waals surface area contributed by atoms with Gasteiger partial charge in [-0.1, -0.05) is 19.1 Å². The second-order valence-electron chi connectivity index (χ2n) is 5.73. The number of aliphatic hydroxyl groups is 1. The Morgan fingerprint density at radius 2 is 2.19 bits per heavy atom. The molecule has 1 saturated heterocycles. The smallest absolute Gasteiger partial charge is 0.227 e. The predicted molar refractivity (Wildman–Crippen MR) is 85.7 cm³/mol. The van der Waals surface area contributed by atoms with E-state index in [9.17, 15) is 0 Å². The number of para-hydroxylation sites is 1. The van der Waals surface area contributed by atoms with Crippen molar-refractivity contribution in [3.63, 3.8) is 0 Å². The summed E-state index contributed by atoms with van der Waals surface area (Å²) in [6, 6.07) is 8.00. The first-order valence-corrected chi connectivity index (χ1v) is 7.64. The molecular weight excluding hydrogens is 264 g/mol. The first kappa shape index (κ1) is 14.1. The summed E-state index contributed by atoms with van der Waals surface area (Å²) in [4.78, 5) is 11.7. The minimum Gasteiger partial charge on any atom is -0.395 e. The van der Waals surface area contributed by atoms with E-state index in [1.165, 1.54) is 12.8 Å². The molecule has 3 rings (SSSR count). The van der Waals surface area contributed by atoms with Crippen molar-refractivity contribution in [3.8, 4) is 0 Å².